The summed E-state index contributed by atoms with van der Waals surface area (Å²) in [5.74, 6) is 1.52. The molecule has 2 rings (SSSR count). The van der Waals surface area contributed by atoms with Crippen LogP contribution in [0, 0.1) is 11.8 Å². The van der Waals surface area contributed by atoms with Gasteiger partial charge in [0.05, 0.1) is 6.10 Å². The molecule has 2 aliphatic rings. The second-order valence-corrected chi connectivity index (χ2v) is 5.28. The van der Waals surface area contributed by atoms with Crippen LogP contribution in [0.4, 0.5) is 0 Å². The summed E-state index contributed by atoms with van der Waals surface area (Å²) in [7, 11) is 2.21. The summed E-state index contributed by atoms with van der Waals surface area (Å²) in [6.07, 6.45) is 7.64. The third-order valence-corrected chi connectivity index (χ3v) is 3.68. The number of hydrogen-bond donors (Lipinski definition) is 1. The Bertz CT molecular complexity index is 179. The van der Waals surface area contributed by atoms with Gasteiger partial charge >= 0.3 is 0 Å². The summed E-state index contributed by atoms with van der Waals surface area (Å²) in [6, 6.07) is 0. The predicted octanol–water partition coefficient (Wildman–Crippen LogP) is 1.88. The average Bonchev–Trinajstić information content (AvgIpc) is 2.93. The van der Waals surface area contributed by atoms with Crippen LogP contribution in [0.3, 0.4) is 0 Å². The van der Waals surface area contributed by atoms with Crippen LogP contribution in [0.25, 0.3) is 0 Å². The van der Waals surface area contributed by atoms with Crippen molar-refractivity contribution >= 4 is 0 Å². The van der Waals surface area contributed by atoms with Gasteiger partial charge in [-0.2, -0.15) is 0 Å². The van der Waals surface area contributed by atoms with E-state index in [1.54, 1.807) is 0 Å². The van der Waals surface area contributed by atoms with E-state index in [1.165, 1.54) is 38.6 Å². The molecule has 0 aliphatic heterocycles. The quantitative estimate of drug-likeness (QED) is 0.744. The van der Waals surface area contributed by atoms with Crippen LogP contribution in [0.2, 0.25) is 0 Å². The lowest BCUT2D eigenvalue weighted by Crippen LogP contribution is -2.35. The van der Waals surface area contributed by atoms with Crippen molar-refractivity contribution in [3.63, 3.8) is 0 Å². The number of aliphatic hydroxyl groups excluding tert-OH is 1. The van der Waals surface area contributed by atoms with Crippen molar-refractivity contribution in [3.8, 4) is 0 Å². The van der Waals surface area contributed by atoms with E-state index in [4.69, 9.17) is 0 Å². The molecule has 2 fully saturated rings. The topological polar surface area (TPSA) is 23.5 Å². The van der Waals surface area contributed by atoms with Gasteiger partial charge in [0, 0.05) is 13.1 Å². The molecular formula is C12H23NO. The highest BCUT2D eigenvalue weighted by atomic mass is 16.3. The minimum Gasteiger partial charge on any atom is -0.393 e. The number of rotatable bonds is 4. The Kier molecular flexibility index (Phi) is 3.45. The Morgan fingerprint density at radius 3 is 2.43 bits per heavy atom. The molecule has 0 aromatic heterocycles. The molecule has 0 radical (unpaired) electrons. The molecule has 0 heterocycles. The maximum absolute atomic E-state index is 9.84. The molecule has 2 atom stereocenters. The van der Waals surface area contributed by atoms with Gasteiger partial charge in [-0.05, 0) is 44.6 Å². The fourth-order valence-corrected chi connectivity index (χ4v) is 2.62. The van der Waals surface area contributed by atoms with Gasteiger partial charge in [-0.3, -0.25) is 0 Å². The fourth-order valence-electron chi connectivity index (χ4n) is 2.62. The summed E-state index contributed by atoms with van der Waals surface area (Å²) < 4.78 is 0. The molecule has 2 unspecified atom stereocenters. The first kappa shape index (κ1) is 10.4. The summed E-state index contributed by atoms with van der Waals surface area (Å²) in [6.45, 7) is 2.36. The number of aliphatic hydroxyl groups is 1. The molecule has 1 N–H and O–H groups in total. The Labute approximate surface area is 87.3 Å². The number of nitrogens with zero attached hydrogens (tertiary/aromatic N) is 1. The lowest BCUT2D eigenvalue weighted by atomic mass is 9.86. The van der Waals surface area contributed by atoms with E-state index in [0.29, 0.717) is 5.92 Å². The second-order valence-electron chi connectivity index (χ2n) is 5.28. The van der Waals surface area contributed by atoms with Crippen molar-refractivity contribution < 1.29 is 5.11 Å². The van der Waals surface area contributed by atoms with Gasteiger partial charge in [0.15, 0.2) is 0 Å². The first-order valence-electron chi connectivity index (χ1n) is 6.12. The largest absolute Gasteiger partial charge is 0.393 e. The summed E-state index contributed by atoms with van der Waals surface area (Å²) in [5, 5.41) is 9.84. The number of hydrogen-bond acceptors (Lipinski definition) is 2. The molecule has 14 heavy (non-hydrogen) atoms. The highest BCUT2D eigenvalue weighted by Gasteiger charge is 2.27. The van der Waals surface area contributed by atoms with Crippen molar-refractivity contribution in [1.82, 2.24) is 4.90 Å². The zero-order chi connectivity index (χ0) is 9.97. The molecule has 2 saturated carbocycles. The Hall–Kier alpha value is -0.0800. The van der Waals surface area contributed by atoms with Crippen molar-refractivity contribution in [2.75, 3.05) is 20.1 Å². The summed E-state index contributed by atoms with van der Waals surface area (Å²) in [5.41, 5.74) is 0. The molecule has 0 bridgehead atoms. The average molecular weight is 197 g/mol. The van der Waals surface area contributed by atoms with Crippen LogP contribution in [0.15, 0.2) is 0 Å². The standard InChI is InChI=1S/C12H23NO/c1-13(8-10-6-7-10)9-11-4-2-3-5-12(11)14/h10-12,14H,2-9H2,1H3. The third-order valence-electron chi connectivity index (χ3n) is 3.68. The summed E-state index contributed by atoms with van der Waals surface area (Å²) in [4.78, 5) is 2.43. The third kappa shape index (κ3) is 2.96. The molecule has 0 saturated heterocycles. The molecule has 0 aromatic rings. The molecule has 2 heteroatoms. The van der Waals surface area contributed by atoms with Crippen LogP contribution < -0.4 is 0 Å². The van der Waals surface area contributed by atoms with Gasteiger partial charge in [0.2, 0.25) is 0 Å². The van der Waals surface area contributed by atoms with Gasteiger partial charge in [-0.25, -0.2) is 0 Å². The van der Waals surface area contributed by atoms with Crippen molar-refractivity contribution in [2.45, 2.75) is 44.6 Å². The van der Waals surface area contributed by atoms with Gasteiger partial charge in [-0.1, -0.05) is 12.8 Å². The maximum atomic E-state index is 9.84. The highest BCUT2D eigenvalue weighted by Crippen LogP contribution is 2.30. The molecule has 2 aliphatic carbocycles. The smallest absolute Gasteiger partial charge is 0.0580 e. The van der Waals surface area contributed by atoms with Crippen LogP contribution >= 0.6 is 0 Å². The lowest BCUT2D eigenvalue weighted by molar-refractivity contribution is 0.0507. The maximum Gasteiger partial charge on any atom is 0.0580 e. The van der Waals surface area contributed by atoms with Crippen LogP contribution in [-0.4, -0.2) is 36.2 Å². The lowest BCUT2D eigenvalue weighted by Gasteiger charge is -2.31. The van der Waals surface area contributed by atoms with Crippen molar-refractivity contribution in [2.24, 2.45) is 11.8 Å². The van der Waals surface area contributed by atoms with E-state index in [9.17, 15) is 5.11 Å². The minimum absolute atomic E-state index is 0.0228. The minimum atomic E-state index is -0.0228. The zero-order valence-electron chi connectivity index (χ0n) is 9.28. The fraction of sp³-hybridized carbons (Fsp3) is 1.00. The SMILES string of the molecule is CN(CC1CC1)CC1CCCCC1O. The van der Waals surface area contributed by atoms with E-state index in [2.05, 4.69) is 11.9 Å². The molecule has 82 valence electrons. The monoisotopic (exact) mass is 197 g/mol. The first-order chi connectivity index (χ1) is 6.75. The predicted molar refractivity (Wildman–Crippen MR) is 58.2 cm³/mol. The summed E-state index contributed by atoms with van der Waals surface area (Å²) >= 11 is 0. The van der Waals surface area contributed by atoms with Crippen LogP contribution in [0.5, 0.6) is 0 Å². The first-order valence-corrected chi connectivity index (χ1v) is 6.12. The highest BCUT2D eigenvalue weighted by molar-refractivity contribution is 4.80. The van der Waals surface area contributed by atoms with Crippen molar-refractivity contribution in [3.05, 3.63) is 0 Å². The molecule has 0 amide bonds. The Balaban J connectivity index is 1.70. The van der Waals surface area contributed by atoms with E-state index >= 15 is 0 Å². The van der Waals surface area contributed by atoms with E-state index in [0.717, 1.165) is 18.9 Å². The Morgan fingerprint density at radius 1 is 1.07 bits per heavy atom. The van der Waals surface area contributed by atoms with Gasteiger partial charge in [-0.15, -0.1) is 0 Å². The van der Waals surface area contributed by atoms with Gasteiger partial charge in [0.1, 0.15) is 0 Å². The molecule has 2 nitrogen and oxygen atoms in total. The van der Waals surface area contributed by atoms with Gasteiger partial charge < -0.3 is 10.0 Å². The molecule has 0 spiro atoms. The van der Waals surface area contributed by atoms with Gasteiger partial charge in [0.25, 0.3) is 0 Å². The second kappa shape index (κ2) is 4.63. The van der Waals surface area contributed by atoms with Crippen LogP contribution in [0.1, 0.15) is 38.5 Å². The van der Waals surface area contributed by atoms with E-state index in [1.807, 2.05) is 0 Å². The van der Waals surface area contributed by atoms with Crippen LogP contribution in [-0.2, 0) is 0 Å². The molecule has 0 aromatic carbocycles. The normalized spacial score (nSPS) is 33.6. The van der Waals surface area contributed by atoms with Crippen molar-refractivity contribution in [1.29, 1.82) is 0 Å². The molecular weight excluding hydrogens is 174 g/mol. The Morgan fingerprint density at radius 2 is 1.79 bits per heavy atom. The zero-order valence-corrected chi connectivity index (χ0v) is 9.28. The van der Waals surface area contributed by atoms with E-state index in [-0.39, 0.29) is 6.10 Å². The van der Waals surface area contributed by atoms with E-state index < -0.39 is 0 Å².